The zero-order chi connectivity index (χ0) is 24.1. The predicted molar refractivity (Wildman–Crippen MR) is 131 cm³/mol. The number of carboxylic acid groups (broad SMARTS) is 1. The van der Waals surface area contributed by atoms with Crippen molar-refractivity contribution in [2.24, 2.45) is 0 Å². The Balaban J connectivity index is 1.17. The Hall–Kier alpha value is -2.19. The van der Waals surface area contributed by atoms with E-state index >= 15 is 0 Å². The number of amides is 1. The predicted octanol–water partition coefficient (Wildman–Crippen LogP) is 3.78. The maximum Gasteiger partial charge on any atom is 0.327 e. The number of hydrogen-bond acceptors (Lipinski definition) is 5. The van der Waals surface area contributed by atoms with Crippen LogP contribution in [0.25, 0.3) is 0 Å². The van der Waals surface area contributed by atoms with Gasteiger partial charge in [0, 0.05) is 37.6 Å². The number of carbonyl (C=O) groups excluding carboxylic acids is 1. The van der Waals surface area contributed by atoms with Gasteiger partial charge in [-0.25, -0.2) is 4.79 Å². The summed E-state index contributed by atoms with van der Waals surface area (Å²) < 4.78 is 5.93. The quantitative estimate of drug-likeness (QED) is 0.477. The van der Waals surface area contributed by atoms with Gasteiger partial charge in [0.2, 0.25) is 0 Å². The molecule has 182 valence electrons. The number of nitrogens with zero attached hydrogens (tertiary/aromatic N) is 2. The Morgan fingerprint density at radius 2 is 1.88 bits per heavy atom. The second-order valence-corrected chi connectivity index (χ2v) is 9.71. The fourth-order valence-electron chi connectivity index (χ4n) is 4.44. The van der Waals surface area contributed by atoms with Gasteiger partial charge in [-0.05, 0) is 62.3 Å². The monoisotopic (exact) mass is 505 g/mol. The molecular formula is C25H29Cl2N3O4. The molecule has 1 aliphatic carbocycles. The van der Waals surface area contributed by atoms with Crippen molar-refractivity contribution in [3.8, 4) is 0 Å². The number of aliphatic carboxylic acids is 1. The van der Waals surface area contributed by atoms with Crippen LogP contribution in [0.4, 0.5) is 0 Å². The number of hydrogen-bond donors (Lipinski definition) is 2. The molecule has 1 amide bonds. The van der Waals surface area contributed by atoms with Gasteiger partial charge >= 0.3 is 5.97 Å². The smallest absolute Gasteiger partial charge is 0.327 e. The summed E-state index contributed by atoms with van der Waals surface area (Å²) in [4.78, 5) is 31.0. The third kappa shape index (κ3) is 6.27. The average molecular weight is 506 g/mol. The number of benzene rings is 1. The van der Waals surface area contributed by atoms with Gasteiger partial charge in [-0.1, -0.05) is 35.3 Å². The number of fused-ring (bicyclic) bond motifs is 1. The van der Waals surface area contributed by atoms with Crippen molar-refractivity contribution in [1.82, 2.24) is 15.2 Å². The molecular weight excluding hydrogens is 477 g/mol. The van der Waals surface area contributed by atoms with Gasteiger partial charge in [-0.2, -0.15) is 0 Å². The highest BCUT2D eigenvalue weighted by atomic mass is 35.5. The molecule has 0 radical (unpaired) electrons. The fraction of sp³-hybridized carbons (Fsp3) is 0.480. The molecule has 9 heteroatoms. The Bertz CT molecular complexity index is 1020. The van der Waals surface area contributed by atoms with Crippen molar-refractivity contribution in [2.45, 2.75) is 50.7 Å². The lowest BCUT2D eigenvalue weighted by molar-refractivity contribution is -0.141. The van der Waals surface area contributed by atoms with E-state index in [1.54, 1.807) is 6.07 Å². The van der Waals surface area contributed by atoms with Crippen LogP contribution >= 0.6 is 23.2 Å². The zero-order valence-electron chi connectivity index (χ0n) is 18.9. The van der Waals surface area contributed by atoms with Gasteiger partial charge in [-0.15, -0.1) is 0 Å². The van der Waals surface area contributed by atoms with E-state index in [-0.39, 0.29) is 28.3 Å². The molecule has 2 aromatic rings. The molecule has 1 saturated heterocycles. The molecule has 1 aromatic carbocycles. The maximum absolute atomic E-state index is 12.5. The number of nitrogens with one attached hydrogen (secondary N) is 1. The summed E-state index contributed by atoms with van der Waals surface area (Å²) in [5, 5.41) is 12.4. The first-order chi connectivity index (χ1) is 16.4. The van der Waals surface area contributed by atoms with Gasteiger partial charge in [0.05, 0.1) is 21.7 Å². The topological polar surface area (TPSA) is 91.8 Å². The van der Waals surface area contributed by atoms with Crippen molar-refractivity contribution < 1.29 is 19.4 Å². The Kier molecular flexibility index (Phi) is 8.42. The van der Waals surface area contributed by atoms with E-state index < -0.39 is 17.9 Å². The van der Waals surface area contributed by atoms with Crippen molar-refractivity contribution in [1.29, 1.82) is 0 Å². The largest absolute Gasteiger partial charge is 0.480 e. The van der Waals surface area contributed by atoms with Crippen molar-refractivity contribution in [3.05, 3.63) is 62.9 Å². The third-order valence-corrected chi connectivity index (χ3v) is 6.95. The molecule has 1 fully saturated rings. The number of rotatable bonds is 10. The highest BCUT2D eigenvalue weighted by molar-refractivity contribution is 6.39. The summed E-state index contributed by atoms with van der Waals surface area (Å²) >= 11 is 12.1. The van der Waals surface area contributed by atoms with Crippen molar-refractivity contribution in [2.75, 3.05) is 26.2 Å². The summed E-state index contributed by atoms with van der Waals surface area (Å²) in [6.45, 7) is 2.08. The Morgan fingerprint density at radius 3 is 2.62 bits per heavy atom. The minimum Gasteiger partial charge on any atom is -0.480 e. The first-order valence-corrected chi connectivity index (χ1v) is 12.5. The number of aryl methyl sites for hydroxylation is 3. The average Bonchev–Trinajstić information content (AvgIpc) is 2.78. The van der Waals surface area contributed by atoms with E-state index in [0.29, 0.717) is 19.7 Å². The summed E-state index contributed by atoms with van der Waals surface area (Å²) in [6, 6.07) is 7.98. The number of carboxylic acids is 1. The Morgan fingerprint density at radius 1 is 1.15 bits per heavy atom. The van der Waals surface area contributed by atoms with Gasteiger partial charge in [0.25, 0.3) is 5.91 Å². The molecule has 2 heterocycles. The van der Waals surface area contributed by atoms with Crippen LogP contribution in [0.5, 0.6) is 0 Å². The summed E-state index contributed by atoms with van der Waals surface area (Å²) in [6.07, 6.45) is 6.57. The Labute approximate surface area is 209 Å². The second-order valence-electron chi connectivity index (χ2n) is 8.89. The number of carbonyl (C=O) groups is 2. The van der Waals surface area contributed by atoms with E-state index in [1.165, 1.54) is 36.2 Å². The molecule has 0 saturated carbocycles. The third-order valence-electron chi connectivity index (χ3n) is 6.32. The van der Waals surface area contributed by atoms with E-state index in [2.05, 4.69) is 17.4 Å². The molecule has 0 bridgehead atoms. The van der Waals surface area contributed by atoms with Gasteiger partial charge < -0.3 is 15.2 Å². The zero-order valence-corrected chi connectivity index (χ0v) is 20.4. The van der Waals surface area contributed by atoms with Crippen LogP contribution in [0.15, 0.2) is 30.3 Å². The van der Waals surface area contributed by atoms with Crippen molar-refractivity contribution >= 4 is 35.1 Å². The first kappa shape index (κ1) is 24.9. The van der Waals surface area contributed by atoms with Crippen LogP contribution in [0, 0.1) is 0 Å². The summed E-state index contributed by atoms with van der Waals surface area (Å²) in [7, 11) is 0. The minimum absolute atomic E-state index is 0.0691. The highest BCUT2D eigenvalue weighted by Gasteiger charge is 2.32. The molecule has 7 nitrogen and oxygen atoms in total. The van der Waals surface area contributed by atoms with Gasteiger partial charge in [0.1, 0.15) is 6.04 Å². The van der Waals surface area contributed by atoms with Gasteiger partial charge in [-0.3, -0.25) is 14.7 Å². The summed E-state index contributed by atoms with van der Waals surface area (Å²) in [5.41, 5.74) is 3.86. The maximum atomic E-state index is 12.5. The molecule has 34 heavy (non-hydrogen) atoms. The first-order valence-electron chi connectivity index (χ1n) is 11.7. The van der Waals surface area contributed by atoms with E-state index in [0.717, 1.165) is 31.4 Å². The number of likely N-dealkylation sites (tertiary alicyclic amines) is 1. The molecule has 1 aliphatic heterocycles. The fourth-order valence-corrected chi connectivity index (χ4v) is 5.00. The minimum atomic E-state index is -1.11. The van der Waals surface area contributed by atoms with Crippen LogP contribution < -0.4 is 5.32 Å². The number of halogens is 2. The van der Waals surface area contributed by atoms with E-state index in [9.17, 15) is 14.7 Å². The molecule has 0 spiro atoms. The lowest BCUT2D eigenvalue weighted by atomic mass is 9.95. The van der Waals surface area contributed by atoms with Crippen molar-refractivity contribution in [3.63, 3.8) is 0 Å². The molecule has 1 aromatic heterocycles. The van der Waals surface area contributed by atoms with Crippen LogP contribution in [-0.2, 0) is 28.8 Å². The molecule has 2 aliphatic rings. The normalized spacial score (nSPS) is 17.0. The van der Waals surface area contributed by atoms with Crippen LogP contribution in [0.2, 0.25) is 10.0 Å². The van der Waals surface area contributed by atoms with E-state index in [1.807, 2.05) is 4.90 Å². The highest BCUT2D eigenvalue weighted by Crippen LogP contribution is 2.24. The lowest BCUT2D eigenvalue weighted by Crippen LogP contribution is -2.58. The molecule has 1 atom stereocenters. The van der Waals surface area contributed by atoms with Crippen LogP contribution in [0.1, 0.15) is 46.6 Å². The standard InChI is InChI=1S/C25H29Cl2N3O4/c26-19-7-3-8-20(27)23(19)24(31)29-22(25(32)33)15-30-13-18(14-30)34-12-4-6-17-11-10-16-5-1-2-9-21(16)28-17/h3,7-8,10-11,18,22H,1-2,4-6,9,12-15H2,(H,29,31)(H,32,33). The summed E-state index contributed by atoms with van der Waals surface area (Å²) in [5.74, 6) is -1.72. The van der Waals surface area contributed by atoms with E-state index in [4.69, 9.17) is 32.9 Å². The molecule has 2 N–H and O–H groups in total. The molecule has 4 rings (SSSR count). The SMILES string of the molecule is O=C(NC(CN1CC(OCCCc2ccc3c(n2)CCCC3)C1)C(=O)O)c1c(Cl)cccc1Cl. The molecule has 1 unspecified atom stereocenters. The number of ether oxygens (including phenoxy) is 1. The number of aromatic nitrogens is 1. The van der Waals surface area contributed by atoms with Crippen LogP contribution in [-0.4, -0.2) is 65.3 Å². The number of pyridine rings is 1. The lowest BCUT2D eigenvalue weighted by Gasteiger charge is -2.40. The van der Waals surface area contributed by atoms with Gasteiger partial charge in [0.15, 0.2) is 0 Å². The second kappa shape index (κ2) is 11.5. The van der Waals surface area contributed by atoms with Crippen LogP contribution in [0.3, 0.4) is 0 Å².